The number of hydrogen-bond acceptors (Lipinski definition) is 5. The van der Waals surface area contributed by atoms with Crippen molar-refractivity contribution in [2.75, 3.05) is 5.32 Å². The smallest absolute Gasteiger partial charge is 0.265 e. The lowest BCUT2D eigenvalue weighted by atomic mass is 9.87. The standard InChI is InChI=1S/C17H23N5OS/c1-2-22-8-13(7-19-22)21-17(23)16-3-10(9-24-16)14-6-15(14)20-12-4-11(18)5-12/h3,7-9,11-12,14-15,20H,2,4-6,18H2,1H3,(H,21,23). The first-order valence-electron chi connectivity index (χ1n) is 8.56. The zero-order valence-corrected chi connectivity index (χ0v) is 14.6. The van der Waals surface area contributed by atoms with Crippen molar-refractivity contribution in [2.45, 2.75) is 56.8 Å². The van der Waals surface area contributed by atoms with E-state index in [2.05, 4.69) is 21.1 Å². The lowest BCUT2D eigenvalue weighted by molar-refractivity contribution is 0.103. The third-order valence-electron chi connectivity index (χ3n) is 4.90. The summed E-state index contributed by atoms with van der Waals surface area (Å²) in [5, 5.41) is 12.9. The van der Waals surface area contributed by atoms with Crippen LogP contribution in [0, 0.1) is 0 Å². The number of carbonyl (C=O) groups excluding carboxylic acids is 1. The van der Waals surface area contributed by atoms with Crippen molar-refractivity contribution in [3.8, 4) is 0 Å². The molecule has 0 bridgehead atoms. The van der Waals surface area contributed by atoms with E-state index in [0.29, 0.717) is 24.0 Å². The zero-order valence-electron chi connectivity index (χ0n) is 13.7. The summed E-state index contributed by atoms with van der Waals surface area (Å²) in [5.41, 5.74) is 7.85. The first-order valence-corrected chi connectivity index (χ1v) is 9.44. The molecule has 2 fully saturated rings. The summed E-state index contributed by atoms with van der Waals surface area (Å²) in [4.78, 5) is 13.1. The molecule has 2 aromatic heterocycles. The molecule has 2 atom stereocenters. The fourth-order valence-electron chi connectivity index (χ4n) is 3.31. The number of carbonyl (C=O) groups is 1. The Hall–Kier alpha value is -1.70. The van der Waals surface area contributed by atoms with E-state index >= 15 is 0 Å². The van der Waals surface area contributed by atoms with Gasteiger partial charge in [0, 0.05) is 36.8 Å². The maximum atomic E-state index is 12.4. The molecule has 2 unspecified atom stereocenters. The highest BCUT2D eigenvalue weighted by Crippen LogP contribution is 2.43. The van der Waals surface area contributed by atoms with Crippen LogP contribution >= 0.6 is 11.3 Å². The van der Waals surface area contributed by atoms with Crippen molar-refractivity contribution in [3.05, 3.63) is 34.3 Å². The molecule has 0 aromatic carbocycles. The Labute approximate surface area is 145 Å². The summed E-state index contributed by atoms with van der Waals surface area (Å²) < 4.78 is 1.79. The van der Waals surface area contributed by atoms with E-state index in [0.717, 1.165) is 36.4 Å². The zero-order chi connectivity index (χ0) is 16.7. The van der Waals surface area contributed by atoms with Gasteiger partial charge in [-0.1, -0.05) is 0 Å². The van der Waals surface area contributed by atoms with Gasteiger partial charge in [-0.2, -0.15) is 5.10 Å². The first-order chi connectivity index (χ1) is 11.6. The van der Waals surface area contributed by atoms with E-state index in [1.165, 1.54) is 16.9 Å². The average Bonchev–Trinajstić information content (AvgIpc) is 2.97. The molecule has 0 saturated heterocycles. The molecule has 128 valence electrons. The van der Waals surface area contributed by atoms with Crippen molar-refractivity contribution >= 4 is 22.9 Å². The molecule has 0 aliphatic heterocycles. The molecule has 0 radical (unpaired) electrons. The van der Waals surface area contributed by atoms with Crippen molar-refractivity contribution in [3.63, 3.8) is 0 Å². The maximum absolute atomic E-state index is 12.4. The number of nitrogens with two attached hydrogens (primary N) is 1. The number of hydrogen-bond donors (Lipinski definition) is 3. The van der Waals surface area contributed by atoms with Crippen LogP contribution in [0.25, 0.3) is 0 Å². The predicted octanol–water partition coefficient (Wildman–Crippen LogP) is 2.15. The van der Waals surface area contributed by atoms with Crippen molar-refractivity contribution in [2.24, 2.45) is 5.73 Å². The first kappa shape index (κ1) is 15.8. The second-order valence-corrected chi connectivity index (χ2v) is 7.74. The van der Waals surface area contributed by atoms with Crippen molar-refractivity contribution in [1.82, 2.24) is 15.1 Å². The molecule has 2 saturated carbocycles. The van der Waals surface area contributed by atoms with Gasteiger partial charge in [0.25, 0.3) is 5.91 Å². The van der Waals surface area contributed by atoms with Gasteiger partial charge in [-0.3, -0.25) is 9.48 Å². The minimum atomic E-state index is -0.0583. The molecule has 2 aliphatic carbocycles. The molecule has 4 rings (SSSR count). The van der Waals surface area contributed by atoms with Crippen LogP contribution in [-0.2, 0) is 6.54 Å². The quantitative estimate of drug-likeness (QED) is 0.749. The minimum absolute atomic E-state index is 0.0583. The molecule has 6 nitrogen and oxygen atoms in total. The van der Waals surface area contributed by atoms with Gasteiger partial charge in [-0.05, 0) is 43.2 Å². The summed E-state index contributed by atoms with van der Waals surface area (Å²) >= 11 is 1.51. The highest BCUT2D eigenvalue weighted by atomic mass is 32.1. The van der Waals surface area contributed by atoms with Crippen LogP contribution in [0.4, 0.5) is 5.69 Å². The van der Waals surface area contributed by atoms with Crippen LogP contribution in [0.5, 0.6) is 0 Å². The summed E-state index contributed by atoms with van der Waals surface area (Å²) in [7, 11) is 0. The number of nitrogens with zero attached hydrogens (tertiary/aromatic N) is 2. The molecule has 1 amide bonds. The van der Waals surface area contributed by atoms with Gasteiger partial charge >= 0.3 is 0 Å². The minimum Gasteiger partial charge on any atom is -0.328 e. The number of aromatic nitrogens is 2. The normalized spacial score (nSPS) is 28.4. The van der Waals surface area contributed by atoms with E-state index in [1.54, 1.807) is 10.9 Å². The Morgan fingerprint density at radius 2 is 2.29 bits per heavy atom. The second-order valence-electron chi connectivity index (χ2n) is 6.83. The van der Waals surface area contributed by atoms with Gasteiger partial charge in [0.2, 0.25) is 0 Å². The molecule has 4 N–H and O–H groups in total. The molecular formula is C17H23N5OS. The van der Waals surface area contributed by atoms with E-state index in [9.17, 15) is 4.79 Å². The fourth-order valence-corrected chi connectivity index (χ4v) is 4.17. The average molecular weight is 345 g/mol. The van der Waals surface area contributed by atoms with Gasteiger partial charge in [0.15, 0.2) is 0 Å². The third-order valence-corrected chi connectivity index (χ3v) is 5.85. The predicted molar refractivity (Wildman–Crippen MR) is 95.5 cm³/mol. The summed E-state index contributed by atoms with van der Waals surface area (Å²) in [6.45, 7) is 2.81. The Morgan fingerprint density at radius 3 is 3.00 bits per heavy atom. The Kier molecular flexibility index (Phi) is 4.15. The van der Waals surface area contributed by atoms with Gasteiger partial charge in [0.05, 0.1) is 16.8 Å². The monoisotopic (exact) mass is 345 g/mol. The highest BCUT2D eigenvalue weighted by molar-refractivity contribution is 7.12. The van der Waals surface area contributed by atoms with Crippen LogP contribution in [-0.4, -0.2) is 33.8 Å². The fraction of sp³-hybridized carbons (Fsp3) is 0.529. The van der Waals surface area contributed by atoms with Crippen LogP contribution in [0.3, 0.4) is 0 Å². The van der Waals surface area contributed by atoms with E-state index in [4.69, 9.17) is 5.73 Å². The van der Waals surface area contributed by atoms with Crippen LogP contribution < -0.4 is 16.4 Å². The van der Waals surface area contributed by atoms with Gasteiger partial charge in [0.1, 0.15) is 0 Å². The second kappa shape index (κ2) is 6.31. The molecule has 2 aliphatic rings. The number of aryl methyl sites for hydroxylation is 1. The SMILES string of the molecule is CCn1cc(NC(=O)c2cc(C3CC3NC3CC(N)C3)cs2)cn1. The van der Waals surface area contributed by atoms with Gasteiger partial charge < -0.3 is 16.4 Å². The van der Waals surface area contributed by atoms with Crippen molar-refractivity contribution in [1.29, 1.82) is 0 Å². The summed E-state index contributed by atoms with van der Waals surface area (Å²) in [6.07, 6.45) is 6.86. The molecule has 2 aromatic rings. The topological polar surface area (TPSA) is 85.0 Å². The number of thiophene rings is 1. The number of nitrogens with one attached hydrogen (secondary N) is 2. The lowest BCUT2D eigenvalue weighted by Crippen LogP contribution is -2.49. The van der Waals surface area contributed by atoms with E-state index in [-0.39, 0.29) is 5.91 Å². The maximum Gasteiger partial charge on any atom is 0.265 e. The molecular weight excluding hydrogens is 322 g/mol. The van der Waals surface area contributed by atoms with Gasteiger partial charge in [-0.25, -0.2) is 0 Å². The summed E-state index contributed by atoms with van der Waals surface area (Å²) in [5.74, 6) is 0.486. The van der Waals surface area contributed by atoms with E-state index in [1.807, 2.05) is 19.2 Å². The van der Waals surface area contributed by atoms with Crippen molar-refractivity contribution < 1.29 is 4.79 Å². The molecule has 0 spiro atoms. The van der Waals surface area contributed by atoms with E-state index < -0.39 is 0 Å². The molecule has 2 heterocycles. The van der Waals surface area contributed by atoms with Crippen LogP contribution in [0.2, 0.25) is 0 Å². The molecule has 24 heavy (non-hydrogen) atoms. The Bertz CT molecular complexity index is 733. The Balaban J connectivity index is 1.32. The Morgan fingerprint density at radius 1 is 1.46 bits per heavy atom. The number of anilines is 1. The summed E-state index contributed by atoms with van der Waals surface area (Å²) in [6, 6.07) is 3.55. The number of rotatable bonds is 6. The lowest BCUT2D eigenvalue weighted by Gasteiger charge is -2.33. The molecule has 7 heteroatoms. The van der Waals surface area contributed by atoms with Gasteiger partial charge in [-0.15, -0.1) is 11.3 Å². The largest absolute Gasteiger partial charge is 0.328 e. The third kappa shape index (κ3) is 3.24. The van der Waals surface area contributed by atoms with Crippen LogP contribution in [0.15, 0.2) is 23.8 Å². The highest BCUT2D eigenvalue weighted by Gasteiger charge is 2.42. The van der Waals surface area contributed by atoms with Crippen LogP contribution in [0.1, 0.15) is 47.3 Å². The number of amides is 1.